The third kappa shape index (κ3) is 3.16. The number of benzene rings is 2. The van der Waals surface area contributed by atoms with Gasteiger partial charge in [-0.1, -0.05) is 12.1 Å². The third-order valence-electron chi connectivity index (χ3n) is 2.55. The van der Waals surface area contributed by atoms with E-state index in [0.717, 1.165) is 17.7 Å². The Morgan fingerprint density at radius 1 is 1.10 bits per heavy atom. The van der Waals surface area contributed by atoms with Gasteiger partial charge in [0.05, 0.1) is 15.1 Å². The summed E-state index contributed by atoms with van der Waals surface area (Å²) in [5.74, 6) is -1.62. The number of halogens is 3. The zero-order valence-electron chi connectivity index (χ0n) is 10.3. The number of sulfonamides is 1. The van der Waals surface area contributed by atoms with Crippen LogP contribution >= 0.6 is 15.9 Å². The molecule has 2 aromatic rings. The predicted octanol–water partition coefficient (Wildman–Crippen LogP) is 3.84. The Labute approximate surface area is 123 Å². The summed E-state index contributed by atoms with van der Waals surface area (Å²) in [6.07, 6.45) is 0. The summed E-state index contributed by atoms with van der Waals surface area (Å²) >= 11 is 2.82. The van der Waals surface area contributed by atoms with Crippen molar-refractivity contribution in [3.05, 3.63) is 58.1 Å². The van der Waals surface area contributed by atoms with Crippen LogP contribution in [0.5, 0.6) is 0 Å². The zero-order chi connectivity index (χ0) is 14.9. The molecule has 20 heavy (non-hydrogen) atoms. The van der Waals surface area contributed by atoms with E-state index in [-0.39, 0.29) is 9.37 Å². The van der Waals surface area contributed by atoms with E-state index < -0.39 is 27.3 Å². The maximum Gasteiger partial charge on any atom is 0.261 e. The smallest absolute Gasteiger partial charge is 0.261 e. The van der Waals surface area contributed by atoms with Gasteiger partial charge in [0.2, 0.25) is 0 Å². The fourth-order valence-corrected chi connectivity index (χ4v) is 3.06. The van der Waals surface area contributed by atoms with Crippen LogP contribution in [0.4, 0.5) is 14.5 Å². The molecule has 106 valence electrons. The van der Waals surface area contributed by atoms with Crippen LogP contribution in [0.2, 0.25) is 0 Å². The summed E-state index contributed by atoms with van der Waals surface area (Å²) in [7, 11) is -3.96. The van der Waals surface area contributed by atoms with Crippen molar-refractivity contribution in [1.82, 2.24) is 0 Å². The van der Waals surface area contributed by atoms with Crippen molar-refractivity contribution >= 4 is 31.6 Å². The van der Waals surface area contributed by atoms with Crippen molar-refractivity contribution in [1.29, 1.82) is 0 Å². The molecular formula is C13H10BrF2NO2S. The molecule has 0 heterocycles. The Hall–Kier alpha value is -1.47. The highest BCUT2D eigenvalue weighted by molar-refractivity contribution is 9.10. The molecule has 0 saturated heterocycles. The summed E-state index contributed by atoms with van der Waals surface area (Å²) < 4.78 is 53.1. The summed E-state index contributed by atoms with van der Waals surface area (Å²) in [6.45, 7) is 1.74. The number of nitrogens with one attached hydrogen (secondary N) is 1. The largest absolute Gasteiger partial charge is 0.277 e. The summed E-state index contributed by atoms with van der Waals surface area (Å²) in [4.78, 5) is -0.0137. The van der Waals surface area contributed by atoms with Crippen LogP contribution < -0.4 is 4.72 Å². The van der Waals surface area contributed by atoms with Crippen LogP contribution in [-0.2, 0) is 10.0 Å². The van der Waals surface area contributed by atoms with E-state index in [4.69, 9.17) is 0 Å². The van der Waals surface area contributed by atoms with E-state index in [2.05, 4.69) is 15.9 Å². The molecule has 2 rings (SSSR count). The molecule has 3 nitrogen and oxygen atoms in total. The van der Waals surface area contributed by atoms with Gasteiger partial charge in [0.1, 0.15) is 11.6 Å². The number of hydrogen-bond donors (Lipinski definition) is 1. The minimum atomic E-state index is -3.96. The third-order valence-corrected chi connectivity index (χ3v) is 4.53. The first-order valence-corrected chi connectivity index (χ1v) is 7.81. The molecule has 7 heteroatoms. The van der Waals surface area contributed by atoms with Crippen LogP contribution in [0.25, 0.3) is 0 Å². The van der Waals surface area contributed by atoms with Crippen molar-refractivity contribution < 1.29 is 17.2 Å². The number of rotatable bonds is 3. The Bertz CT molecular complexity index is 763. The molecule has 0 aliphatic heterocycles. The van der Waals surface area contributed by atoms with Gasteiger partial charge < -0.3 is 0 Å². The zero-order valence-corrected chi connectivity index (χ0v) is 12.7. The second-order valence-electron chi connectivity index (χ2n) is 4.17. The fourth-order valence-electron chi connectivity index (χ4n) is 1.59. The average Bonchev–Trinajstić information content (AvgIpc) is 2.36. The lowest BCUT2D eigenvalue weighted by Gasteiger charge is -2.10. The first kappa shape index (κ1) is 14.9. The molecule has 0 bridgehead atoms. The maximum atomic E-state index is 13.6. The lowest BCUT2D eigenvalue weighted by Crippen LogP contribution is -2.14. The van der Waals surface area contributed by atoms with E-state index in [1.165, 1.54) is 12.1 Å². The SMILES string of the molecule is Cc1cccc(S(=O)(=O)Nc2cc(F)c(Br)cc2F)c1. The molecule has 0 atom stereocenters. The molecular weight excluding hydrogens is 352 g/mol. The monoisotopic (exact) mass is 361 g/mol. The quantitative estimate of drug-likeness (QED) is 0.844. The van der Waals surface area contributed by atoms with E-state index in [0.29, 0.717) is 0 Å². The normalized spacial score (nSPS) is 11.4. The van der Waals surface area contributed by atoms with Crippen molar-refractivity contribution in [2.45, 2.75) is 11.8 Å². The fraction of sp³-hybridized carbons (Fsp3) is 0.0769. The minimum Gasteiger partial charge on any atom is -0.277 e. The van der Waals surface area contributed by atoms with Gasteiger partial charge in [0.25, 0.3) is 10.0 Å². The van der Waals surface area contributed by atoms with Gasteiger partial charge >= 0.3 is 0 Å². The molecule has 1 N–H and O–H groups in total. The van der Waals surface area contributed by atoms with Crippen molar-refractivity contribution in [3.63, 3.8) is 0 Å². The summed E-state index contributed by atoms with van der Waals surface area (Å²) in [6, 6.07) is 7.77. The summed E-state index contributed by atoms with van der Waals surface area (Å²) in [5, 5.41) is 0. The van der Waals surface area contributed by atoms with Gasteiger partial charge in [-0.2, -0.15) is 0 Å². The highest BCUT2D eigenvalue weighted by Gasteiger charge is 2.17. The Morgan fingerprint density at radius 3 is 2.45 bits per heavy atom. The van der Waals surface area contributed by atoms with Gasteiger partial charge in [-0.05, 0) is 46.6 Å². The van der Waals surface area contributed by atoms with E-state index in [1.54, 1.807) is 19.1 Å². The molecule has 0 fully saturated rings. The van der Waals surface area contributed by atoms with Crippen LogP contribution in [0.3, 0.4) is 0 Å². The Kier molecular flexibility index (Phi) is 4.10. The second-order valence-corrected chi connectivity index (χ2v) is 6.70. The van der Waals surface area contributed by atoms with Gasteiger partial charge in [0.15, 0.2) is 0 Å². The number of hydrogen-bond acceptors (Lipinski definition) is 2. The lowest BCUT2D eigenvalue weighted by molar-refractivity contribution is 0.591. The lowest BCUT2D eigenvalue weighted by atomic mass is 10.2. The molecule has 0 aromatic heterocycles. The Balaban J connectivity index is 2.41. The van der Waals surface area contributed by atoms with Gasteiger partial charge in [-0.15, -0.1) is 0 Å². The van der Waals surface area contributed by atoms with Crippen molar-refractivity contribution in [2.24, 2.45) is 0 Å². The minimum absolute atomic E-state index is 0.0137. The van der Waals surface area contributed by atoms with E-state index in [9.17, 15) is 17.2 Å². The van der Waals surface area contributed by atoms with Crippen LogP contribution in [0.15, 0.2) is 45.8 Å². The number of aryl methyl sites for hydroxylation is 1. The Morgan fingerprint density at radius 2 is 1.80 bits per heavy atom. The predicted molar refractivity (Wildman–Crippen MR) is 76.0 cm³/mol. The molecule has 0 radical (unpaired) electrons. The molecule has 0 amide bonds. The maximum absolute atomic E-state index is 13.6. The van der Waals surface area contributed by atoms with Gasteiger partial charge in [-0.3, -0.25) is 4.72 Å². The highest BCUT2D eigenvalue weighted by Crippen LogP contribution is 2.25. The van der Waals surface area contributed by atoms with E-state index in [1.807, 2.05) is 4.72 Å². The first-order valence-electron chi connectivity index (χ1n) is 5.53. The van der Waals surface area contributed by atoms with Crippen molar-refractivity contribution in [3.8, 4) is 0 Å². The summed E-state index contributed by atoms with van der Waals surface area (Å²) in [5.41, 5.74) is 0.308. The average molecular weight is 362 g/mol. The topological polar surface area (TPSA) is 46.2 Å². The number of anilines is 1. The van der Waals surface area contributed by atoms with Crippen LogP contribution in [0, 0.1) is 18.6 Å². The molecule has 0 unspecified atom stereocenters. The molecule has 2 aromatic carbocycles. The highest BCUT2D eigenvalue weighted by atomic mass is 79.9. The van der Waals surface area contributed by atoms with E-state index >= 15 is 0 Å². The molecule has 0 spiro atoms. The van der Waals surface area contributed by atoms with Crippen LogP contribution in [-0.4, -0.2) is 8.42 Å². The van der Waals surface area contributed by atoms with Crippen molar-refractivity contribution in [2.75, 3.05) is 4.72 Å². The first-order chi connectivity index (χ1) is 9.29. The molecule has 0 aliphatic carbocycles. The van der Waals surface area contributed by atoms with Crippen LogP contribution in [0.1, 0.15) is 5.56 Å². The molecule has 0 saturated carbocycles. The standard InChI is InChI=1S/C13H10BrF2NO2S/c1-8-3-2-4-9(5-8)20(18,19)17-13-7-11(15)10(14)6-12(13)16/h2-7,17H,1H3. The van der Waals surface area contributed by atoms with Gasteiger partial charge in [-0.25, -0.2) is 17.2 Å². The second kappa shape index (κ2) is 5.49. The van der Waals surface area contributed by atoms with Gasteiger partial charge in [0, 0.05) is 6.07 Å². The molecule has 0 aliphatic rings.